The number of aromatic nitrogens is 5. The Kier molecular flexibility index (Phi) is 5.63. The molecule has 1 N–H and O–H groups in total. The van der Waals surface area contributed by atoms with E-state index in [4.69, 9.17) is 0 Å². The molecule has 9 nitrogen and oxygen atoms in total. The summed E-state index contributed by atoms with van der Waals surface area (Å²) in [5.74, 6) is 0.00242. The van der Waals surface area contributed by atoms with Gasteiger partial charge in [-0.3, -0.25) is 14.3 Å². The lowest BCUT2D eigenvalue weighted by atomic mass is 10.1. The minimum atomic E-state index is -3.36. The molecule has 0 aliphatic heterocycles. The second kappa shape index (κ2) is 8.23. The molecular formula is C20H21N5O4S2. The Balaban J connectivity index is 1.53. The topological polar surface area (TPSA) is 120 Å². The fraction of sp³-hybridized carbons (Fsp3) is 0.300. The van der Waals surface area contributed by atoms with Crippen molar-refractivity contribution in [3.63, 3.8) is 0 Å². The van der Waals surface area contributed by atoms with Gasteiger partial charge in [-0.2, -0.15) is 4.37 Å². The summed E-state index contributed by atoms with van der Waals surface area (Å²) in [6, 6.07) is 8.98. The minimum Gasteiger partial charge on any atom is -0.325 e. The number of hydrogen-bond acceptors (Lipinski definition) is 7. The Morgan fingerprint density at radius 3 is 2.48 bits per heavy atom. The number of hydrogen-bond donors (Lipinski definition) is 1. The third-order valence-electron chi connectivity index (χ3n) is 5.03. The van der Waals surface area contributed by atoms with E-state index < -0.39 is 21.1 Å². The lowest BCUT2D eigenvalue weighted by molar-refractivity contribution is 0.597. The summed E-state index contributed by atoms with van der Waals surface area (Å²) in [5.41, 5.74) is 2.14. The Bertz CT molecular complexity index is 1460. The second-order valence-electron chi connectivity index (χ2n) is 7.22. The molecule has 4 rings (SSSR count). The lowest BCUT2D eigenvalue weighted by Crippen LogP contribution is -2.31. The van der Waals surface area contributed by atoms with E-state index in [-0.39, 0.29) is 16.5 Å². The molecule has 0 aliphatic carbocycles. The van der Waals surface area contributed by atoms with Crippen LogP contribution in [0.5, 0.6) is 0 Å². The zero-order valence-corrected chi connectivity index (χ0v) is 18.7. The van der Waals surface area contributed by atoms with Gasteiger partial charge >= 0.3 is 5.69 Å². The van der Waals surface area contributed by atoms with Gasteiger partial charge in [-0.15, -0.1) is 0 Å². The lowest BCUT2D eigenvalue weighted by Gasteiger charge is -2.08. The van der Waals surface area contributed by atoms with Crippen LogP contribution in [0.1, 0.15) is 23.7 Å². The van der Waals surface area contributed by atoms with Gasteiger partial charge in [-0.05, 0) is 49.0 Å². The van der Waals surface area contributed by atoms with Gasteiger partial charge in [-0.1, -0.05) is 24.3 Å². The van der Waals surface area contributed by atoms with Crippen LogP contribution < -0.4 is 11.2 Å². The molecule has 0 unspecified atom stereocenters. The zero-order chi connectivity index (χ0) is 22.2. The monoisotopic (exact) mass is 459 g/mol. The van der Waals surface area contributed by atoms with Crippen LogP contribution in [0.2, 0.25) is 0 Å². The molecule has 3 heterocycles. The molecule has 0 fully saturated rings. The van der Waals surface area contributed by atoms with Crippen molar-refractivity contribution in [2.75, 3.05) is 5.75 Å². The van der Waals surface area contributed by atoms with Crippen LogP contribution in [0, 0.1) is 6.92 Å². The molecule has 0 bridgehead atoms. The predicted octanol–water partition coefficient (Wildman–Crippen LogP) is 1.74. The normalized spacial score (nSPS) is 11.9. The summed E-state index contributed by atoms with van der Waals surface area (Å²) >= 11 is 0.999. The van der Waals surface area contributed by atoms with Crippen molar-refractivity contribution in [2.45, 2.75) is 37.6 Å². The van der Waals surface area contributed by atoms with Crippen molar-refractivity contribution >= 4 is 32.5 Å². The van der Waals surface area contributed by atoms with Crippen LogP contribution in [0.3, 0.4) is 0 Å². The summed E-state index contributed by atoms with van der Waals surface area (Å²) in [6.07, 6.45) is 1.92. The van der Waals surface area contributed by atoms with Crippen molar-refractivity contribution < 1.29 is 8.42 Å². The molecule has 11 heteroatoms. The number of nitrogens with zero attached hydrogens (tertiary/aromatic N) is 4. The fourth-order valence-corrected chi connectivity index (χ4v) is 5.72. The van der Waals surface area contributed by atoms with Crippen LogP contribution in [0.25, 0.3) is 11.2 Å². The number of sulfone groups is 1. The SMILES string of the molecule is CCn1cnc2c1c(=O)[nH]c(=O)n2Cc1ccc(CCS(=O)(=O)c2cc(C)ns2)cc1. The number of fused-ring (bicyclic) bond motifs is 1. The molecule has 0 atom stereocenters. The largest absolute Gasteiger partial charge is 0.330 e. The van der Waals surface area contributed by atoms with Crippen molar-refractivity contribution in [1.29, 1.82) is 0 Å². The molecule has 3 aromatic heterocycles. The highest BCUT2D eigenvalue weighted by atomic mass is 32.2. The third kappa shape index (κ3) is 4.23. The van der Waals surface area contributed by atoms with Crippen molar-refractivity contribution in [2.24, 2.45) is 0 Å². The molecule has 0 aliphatic rings. The van der Waals surface area contributed by atoms with Crippen molar-refractivity contribution in [3.05, 3.63) is 74.3 Å². The number of aromatic amines is 1. The quantitative estimate of drug-likeness (QED) is 0.449. The van der Waals surface area contributed by atoms with Crippen molar-refractivity contribution in [3.8, 4) is 0 Å². The van der Waals surface area contributed by atoms with Gasteiger partial charge in [0.25, 0.3) is 5.56 Å². The Hall–Kier alpha value is -3.05. The van der Waals surface area contributed by atoms with E-state index in [1.165, 1.54) is 4.57 Å². The Labute approximate surface area is 182 Å². The highest BCUT2D eigenvalue weighted by Gasteiger charge is 2.17. The van der Waals surface area contributed by atoms with Crippen LogP contribution in [0.4, 0.5) is 0 Å². The Morgan fingerprint density at radius 1 is 1.13 bits per heavy atom. The van der Waals surface area contributed by atoms with Crippen LogP contribution >= 0.6 is 11.5 Å². The number of aryl methyl sites for hydroxylation is 3. The van der Waals surface area contributed by atoms with Crippen LogP contribution in [-0.4, -0.2) is 37.6 Å². The molecule has 0 saturated carbocycles. The van der Waals surface area contributed by atoms with E-state index in [1.807, 2.05) is 31.2 Å². The summed E-state index contributed by atoms with van der Waals surface area (Å²) in [4.78, 5) is 31.1. The number of benzene rings is 1. The van der Waals surface area contributed by atoms with E-state index in [0.717, 1.165) is 22.7 Å². The first-order chi connectivity index (χ1) is 14.8. The highest BCUT2D eigenvalue weighted by Crippen LogP contribution is 2.19. The average Bonchev–Trinajstić information content (AvgIpc) is 3.37. The summed E-state index contributed by atoms with van der Waals surface area (Å²) in [6.45, 7) is 4.47. The number of H-pyrrole nitrogens is 1. The van der Waals surface area contributed by atoms with E-state index in [0.29, 0.717) is 29.8 Å². The minimum absolute atomic E-state index is 0.00242. The van der Waals surface area contributed by atoms with Gasteiger partial charge in [-0.25, -0.2) is 18.2 Å². The zero-order valence-electron chi connectivity index (χ0n) is 17.0. The maximum Gasteiger partial charge on any atom is 0.330 e. The summed E-state index contributed by atoms with van der Waals surface area (Å²) < 4.78 is 32.3. The molecule has 31 heavy (non-hydrogen) atoms. The van der Waals surface area contributed by atoms with Crippen LogP contribution in [0.15, 0.2) is 50.5 Å². The summed E-state index contributed by atoms with van der Waals surface area (Å²) in [5, 5.41) is 0. The molecule has 1 aromatic carbocycles. The smallest absolute Gasteiger partial charge is 0.325 e. The maximum atomic E-state index is 12.4. The standard InChI is InChI=1S/C20H21N5O4S2/c1-3-24-12-21-18-17(24)19(26)22-20(27)25(18)11-15-6-4-14(5-7-15)8-9-31(28,29)16-10-13(2)23-30-16/h4-7,10,12H,3,8-9,11H2,1-2H3,(H,22,26,27). The third-order valence-corrected chi connectivity index (χ3v) is 8.17. The average molecular weight is 460 g/mol. The van der Waals surface area contributed by atoms with E-state index in [9.17, 15) is 18.0 Å². The first kappa shape index (κ1) is 21.2. The van der Waals surface area contributed by atoms with Gasteiger partial charge in [0.15, 0.2) is 21.0 Å². The second-order valence-corrected chi connectivity index (χ2v) is 10.4. The Morgan fingerprint density at radius 2 is 1.84 bits per heavy atom. The van der Waals surface area contributed by atoms with Gasteiger partial charge in [0.1, 0.15) is 4.21 Å². The van der Waals surface area contributed by atoms with E-state index in [2.05, 4.69) is 14.3 Å². The summed E-state index contributed by atoms with van der Waals surface area (Å²) in [7, 11) is -3.36. The first-order valence-electron chi connectivity index (χ1n) is 9.70. The van der Waals surface area contributed by atoms with Gasteiger partial charge in [0.05, 0.1) is 24.3 Å². The van der Waals surface area contributed by atoms with Gasteiger partial charge in [0, 0.05) is 6.54 Å². The molecule has 0 radical (unpaired) electrons. The predicted molar refractivity (Wildman–Crippen MR) is 118 cm³/mol. The molecular weight excluding hydrogens is 438 g/mol. The number of imidazole rings is 1. The highest BCUT2D eigenvalue weighted by molar-refractivity contribution is 7.93. The molecule has 162 valence electrons. The molecule has 0 spiro atoms. The van der Waals surface area contributed by atoms with E-state index in [1.54, 1.807) is 23.9 Å². The first-order valence-corrected chi connectivity index (χ1v) is 12.1. The molecule has 0 amide bonds. The maximum absolute atomic E-state index is 12.4. The van der Waals surface area contributed by atoms with E-state index >= 15 is 0 Å². The fourth-order valence-electron chi connectivity index (χ4n) is 3.34. The molecule has 0 saturated heterocycles. The number of rotatable bonds is 7. The molecule has 4 aromatic rings. The van der Waals surface area contributed by atoms with Gasteiger partial charge < -0.3 is 4.57 Å². The van der Waals surface area contributed by atoms with Crippen LogP contribution in [-0.2, 0) is 29.3 Å². The van der Waals surface area contributed by atoms with Gasteiger partial charge in [0.2, 0.25) is 0 Å². The number of nitrogens with one attached hydrogen (secondary N) is 1. The van der Waals surface area contributed by atoms with Crippen molar-refractivity contribution in [1.82, 2.24) is 23.5 Å².